The van der Waals surface area contributed by atoms with Gasteiger partial charge in [-0.25, -0.2) is 9.97 Å². The van der Waals surface area contributed by atoms with E-state index in [1.807, 2.05) is 18.2 Å². The van der Waals surface area contributed by atoms with E-state index in [1.165, 1.54) is 77.0 Å². The molecule has 65 heavy (non-hydrogen) atoms. The quantitative estimate of drug-likeness (QED) is 0.167. The van der Waals surface area contributed by atoms with E-state index in [9.17, 15) is 0 Å². The maximum Gasteiger partial charge on any atom is 0.160 e. The fourth-order valence-electron chi connectivity index (χ4n) is 10.8. The number of fused-ring (bicyclic) bond motifs is 12. The maximum absolute atomic E-state index is 5.22. The lowest BCUT2D eigenvalue weighted by atomic mass is 9.80. The number of nitrogens with zero attached hydrogens (tertiary/aromatic N) is 4. The van der Waals surface area contributed by atoms with Crippen molar-refractivity contribution < 1.29 is 0 Å². The van der Waals surface area contributed by atoms with Crippen LogP contribution < -0.4 is 0 Å². The van der Waals surface area contributed by atoms with Gasteiger partial charge in [-0.15, -0.1) is 0 Å². The Hall–Kier alpha value is -8.34. The predicted molar refractivity (Wildman–Crippen MR) is 270 cm³/mol. The van der Waals surface area contributed by atoms with Crippen LogP contribution in [0, 0.1) is 0 Å². The molecule has 0 aliphatic heterocycles. The molecule has 3 aromatic heterocycles. The van der Waals surface area contributed by atoms with E-state index in [0.717, 1.165) is 39.5 Å². The zero-order valence-electron chi connectivity index (χ0n) is 36.1. The van der Waals surface area contributed by atoms with Crippen LogP contribution in [0.4, 0.5) is 0 Å². The van der Waals surface area contributed by atoms with Crippen LogP contribution in [-0.2, 0) is 5.41 Å². The van der Waals surface area contributed by atoms with Crippen LogP contribution in [0.25, 0.3) is 111 Å². The van der Waals surface area contributed by atoms with Crippen molar-refractivity contribution in [3.8, 4) is 67.5 Å². The fourth-order valence-corrected chi connectivity index (χ4v) is 10.8. The van der Waals surface area contributed by atoms with Crippen molar-refractivity contribution in [3.63, 3.8) is 0 Å². The first-order chi connectivity index (χ1) is 32.0. The first kappa shape index (κ1) is 37.2. The van der Waals surface area contributed by atoms with E-state index in [2.05, 4.69) is 223 Å². The molecule has 306 valence electrons. The molecule has 1 aliphatic rings. The van der Waals surface area contributed by atoms with Crippen LogP contribution in [0.2, 0.25) is 0 Å². The minimum Gasteiger partial charge on any atom is -0.309 e. The summed E-state index contributed by atoms with van der Waals surface area (Å²) in [6, 6.07) is 78.5. The van der Waals surface area contributed by atoms with Crippen molar-refractivity contribution in [2.24, 2.45) is 0 Å². The van der Waals surface area contributed by atoms with Crippen LogP contribution in [0.5, 0.6) is 0 Å². The Kier molecular flexibility index (Phi) is 8.22. The Labute approximate surface area is 377 Å². The van der Waals surface area contributed by atoms with E-state index in [4.69, 9.17) is 9.97 Å². The van der Waals surface area contributed by atoms with Crippen molar-refractivity contribution in [2.45, 2.75) is 19.3 Å². The number of rotatable bonds is 6. The lowest BCUT2D eigenvalue weighted by Crippen LogP contribution is -2.15. The molecule has 0 saturated heterocycles. The van der Waals surface area contributed by atoms with Gasteiger partial charge in [0, 0.05) is 60.6 Å². The maximum atomic E-state index is 5.22. The molecule has 0 bridgehead atoms. The molecule has 0 fully saturated rings. The minimum atomic E-state index is -0.252. The summed E-state index contributed by atoms with van der Waals surface area (Å²) in [6.45, 7) is 4.83. The molecule has 0 saturated carbocycles. The monoisotopic (exact) mass is 830 g/mol. The second-order valence-corrected chi connectivity index (χ2v) is 17.7. The van der Waals surface area contributed by atoms with Crippen LogP contribution >= 0.6 is 0 Å². The molecule has 12 aromatic rings. The number of aromatic nitrogens is 4. The van der Waals surface area contributed by atoms with E-state index in [1.54, 1.807) is 0 Å². The second-order valence-electron chi connectivity index (χ2n) is 17.7. The summed E-state index contributed by atoms with van der Waals surface area (Å²) in [6.07, 6.45) is 0. The highest BCUT2D eigenvalue weighted by atomic mass is 15.0. The molecule has 4 heteroatoms. The van der Waals surface area contributed by atoms with E-state index < -0.39 is 0 Å². The highest BCUT2D eigenvalue weighted by Crippen LogP contribution is 2.58. The Morgan fingerprint density at radius 2 is 0.846 bits per heavy atom. The average molecular weight is 831 g/mol. The minimum absolute atomic E-state index is 0.252. The standard InChI is InChI=1S/C61H42N4/c1-61(2)49-27-15-12-24-46(49)54-57(61)55-47-25-13-16-28-52(47)64(44-22-10-5-11-23-44)59(55)56-48-26-14-17-29-53(48)65(58(54)56)45-36-34-42(35-37-45)51-38-50(62-60(63-51)43-20-8-4-9-21-43)41-32-30-40(31-33-41)39-18-6-3-7-19-39/h3-38H,1-2H3. The van der Waals surface area contributed by atoms with Crippen LogP contribution in [-0.4, -0.2) is 19.1 Å². The van der Waals surface area contributed by atoms with Gasteiger partial charge in [-0.1, -0.05) is 190 Å². The highest BCUT2D eigenvalue weighted by molar-refractivity contribution is 6.31. The first-order valence-corrected chi connectivity index (χ1v) is 22.4. The highest BCUT2D eigenvalue weighted by Gasteiger charge is 2.41. The topological polar surface area (TPSA) is 35.6 Å². The van der Waals surface area contributed by atoms with Gasteiger partial charge in [-0.05, 0) is 70.3 Å². The molecule has 9 aromatic carbocycles. The summed E-state index contributed by atoms with van der Waals surface area (Å²) in [5.41, 5.74) is 19.4. The van der Waals surface area contributed by atoms with Crippen molar-refractivity contribution in [1.82, 2.24) is 19.1 Å². The molecule has 0 atom stereocenters. The molecule has 1 aliphatic carbocycles. The molecule has 4 nitrogen and oxygen atoms in total. The zero-order valence-corrected chi connectivity index (χ0v) is 36.1. The number of hydrogen-bond donors (Lipinski definition) is 0. The number of hydrogen-bond acceptors (Lipinski definition) is 2. The third-order valence-electron chi connectivity index (χ3n) is 13.7. The second kappa shape index (κ2) is 14.3. The number of benzene rings is 9. The molecular formula is C61H42N4. The Morgan fingerprint density at radius 1 is 0.385 bits per heavy atom. The summed E-state index contributed by atoms with van der Waals surface area (Å²) >= 11 is 0. The average Bonchev–Trinajstić information content (AvgIpc) is 3.98. The van der Waals surface area contributed by atoms with Crippen LogP contribution in [0.15, 0.2) is 218 Å². The zero-order chi connectivity index (χ0) is 43.2. The summed E-state index contributed by atoms with van der Waals surface area (Å²) in [5, 5.41) is 5.10. The predicted octanol–water partition coefficient (Wildman–Crippen LogP) is 15.6. The largest absolute Gasteiger partial charge is 0.309 e. The normalized spacial score (nSPS) is 12.9. The molecule has 0 radical (unpaired) electrons. The van der Waals surface area contributed by atoms with E-state index in [0.29, 0.717) is 5.82 Å². The number of para-hydroxylation sites is 3. The van der Waals surface area contributed by atoms with Crippen molar-refractivity contribution in [1.29, 1.82) is 0 Å². The van der Waals surface area contributed by atoms with Gasteiger partial charge in [0.1, 0.15) is 0 Å². The van der Waals surface area contributed by atoms with Gasteiger partial charge >= 0.3 is 0 Å². The van der Waals surface area contributed by atoms with Gasteiger partial charge < -0.3 is 9.13 Å². The molecular weight excluding hydrogens is 789 g/mol. The first-order valence-electron chi connectivity index (χ1n) is 22.4. The smallest absolute Gasteiger partial charge is 0.160 e. The lowest BCUT2D eigenvalue weighted by molar-refractivity contribution is 0.667. The van der Waals surface area contributed by atoms with Crippen molar-refractivity contribution in [2.75, 3.05) is 0 Å². The van der Waals surface area contributed by atoms with Crippen molar-refractivity contribution >= 4 is 43.6 Å². The SMILES string of the molecule is CC1(C)c2ccccc2-c2c1c1c3ccccc3n(-c3ccccc3)c1c1c3ccccc3n(-c3ccc(-c4cc(-c5ccc(-c6ccccc6)cc5)nc(-c5ccccc5)n4)cc3)c21. The summed E-state index contributed by atoms with van der Waals surface area (Å²) in [7, 11) is 0. The fraction of sp³-hybridized carbons (Fsp3) is 0.0492. The van der Waals surface area contributed by atoms with E-state index in [-0.39, 0.29) is 5.41 Å². The van der Waals surface area contributed by atoms with E-state index >= 15 is 0 Å². The molecule has 3 heterocycles. The van der Waals surface area contributed by atoms with Gasteiger partial charge in [-0.3, -0.25) is 0 Å². The molecule has 0 N–H and O–H groups in total. The Bertz CT molecular complexity index is 3810. The Morgan fingerprint density at radius 3 is 1.49 bits per heavy atom. The van der Waals surface area contributed by atoms with Crippen molar-refractivity contribution in [3.05, 3.63) is 230 Å². The lowest BCUT2D eigenvalue weighted by Gasteiger charge is -2.23. The summed E-state index contributed by atoms with van der Waals surface area (Å²) < 4.78 is 5.03. The third-order valence-corrected chi connectivity index (χ3v) is 13.7. The van der Waals surface area contributed by atoms with Gasteiger partial charge in [0.15, 0.2) is 5.82 Å². The van der Waals surface area contributed by atoms with Gasteiger partial charge in [-0.2, -0.15) is 0 Å². The van der Waals surface area contributed by atoms with Gasteiger partial charge in [0.25, 0.3) is 0 Å². The van der Waals surface area contributed by atoms with Gasteiger partial charge in [0.2, 0.25) is 0 Å². The molecule has 0 amide bonds. The molecule has 13 rings (SSSR count). The third kappa shape index (κ3) is 5.63. The van der Waals surface area contributed by atoms with Crippen LogP contribution in [0.1, 0.15) is 25.0 Å². The molecule has 0 unspecified atom stereocenters. The molecule has 0 spiro atoms. The summed E-state index contributed by atoms with van der Waals surface area (Å²) in [4.78, 5) is 10.4. The van der Waals surface area contributed by atoms with Crippen LogP contribution in [0.3, 0.4) is 0 Å². The summed E-state index contributed by atoms with van der Waals surface area (Å²) in [5.74, 6) is 0.700. The van der Waals surface area contributed by atoms with Gasteiger partial charge in [0.05, 0.1) is 33.5 Å². The Balaban J connectivity index is 1.05.